The molecule has 0 unspecified atom stereocenters. The Balaban J connectivity index is 1.71. The maximum atomic E-state index is 12.8. The van der Waals surface area contributed by atoms with Crippen molar-refractivity contribution in [2.75, 3.05) is 26.0 Å². The molecule has 0 aliphatic rings. The van der Waals surface area contributed by atoms with Crippen LogP contribution in [0.3, 0.4) is 0 Å². The summed E-state index contributed by atoms with van der Waals surface area (Å²) in [7, 11) is 1.76. The van der Waals surface area contributed by atoms with Crippen molar-refractivity contribution in [1.82, 2.24) is 4.90 Å². The van der Waals surface area contributed by atoms with Crippen LogP contribution in [0, 0.1) is 12.7 Å². The van der Waals surface area contributed by atoms with E-state index in [2.05, 4.69) is 0 Å². The molecule has 0 atom stereocenters. The minimum absolute atomic E-state index is 0.0205. The van der Waals surface area contributed by atoms with Gasteiger partial charge in [-0.05, 0) is 48.9 Å². The van der Waals surface area contributed by atoms with E-state index >= 15 is 0 Å². The summed E-state index contributed by atoms with van der Waals surface area (Å²) >= 11 is 1.40. The standard InChI is InChI=1S/C18H20FNO2S/c1-14-4-3-5-16(12-14)22-11-10-20(2)18(21)13-23-17-8-6-15(19)7-9-17/h3-9,12H,10-11,13H2,1-2H3. The minimum Gasteiger partial charge on any atom is -0.492 e. The summed E-state index contributed by atoms with van der Waals surface area (Å²) in [6.07, 6.45) is 0. The third-order valence-electron chi connectivity index (χ3n) is 3.29. The molecule has 2 aromatic rings. The van der Waals surface area contributed by atoms with Crippen LogP contribution in [0.25, 0.3) is 0 Å². The molecule has 0 spiro atoms. The number of ether oxygens (including phenoxy) is 1. The Kier molecular flexibility index (Phi) is 6.47. The monoisotopic (exact) mass is 333 g/mol. The summed E-state index contributed by atoms with van der Waals surface area (Å²) in [5.74, 6) is 0.886. The fourth-order valence-corrected chi connectivity index (χ4v) is 2.76. The van der Waals surface area contributed by atoms with Gasteiger partial charge in [-0.3, -0.25) is 4.79 Å². The summed E-state index contributed by atoms with van der Waals surface area (Å²) in [5.41, 5.74) is 1.14. The van der Waals surface area contributed by atoms with E-state index in [0.717, 1.165) is 16.2 Å². The van der Waals surface area contributed by atoms with Crippen molar-refractivity contribution < 1.29 is 13.9 Å². The Morgan fingerprint density at radius 3 is 2.65 bits per heavy atom. The highest BCUT2D eigenvalue weighted by Gasteiger charge is 2.09. The fraction of sp³-hybridized carbons (Fsp3) is 0.278. The number of carbonyl (C=O) groups excluding carboxylic acids is 1. The molecule has 23 heavy (non-hydrogen) atoms. The smallest absolute Gasteiger partial charge is 0.232 e. The molecular formula is C18H20FNO2S. The maximum absolute atomic E-state index is 12.8. The average molecular weight is 333 g/mol. The van der Waals surface area contributed by atoms with Gasteiger partial charge in [0.15, 0.2) is 0 Å². The van der Waals surface area contributed by atoms with Gasteiger partial charge >= 0.3 is 0 Å². The number of rotatable bonds is 7. The molecule has 0 aromatic heterocycles. The number of carbonyl (C=O) groups is 1. The number of halogens is 1. The van der Waals surface area contributed by atoms with Crippen molar-refractivity contribution in [2.45, 2.75) is 11.8 Å². The summed E-state index contributed by atoms with van der Waals surface area (Å²) in [5, 5.41) is 0. The number of aryl methyl sites for hydroxylation is 1. The van der Waals surface area contributed by atoms with E-state index in [1.165, 1.54) is 23.9 Å². The Hall–Kier alpha value is -2.01. The molecule has 2 aromatic carbocycles. The number of hydrogen-bond acceptors (Lipinski definition) is 3. The zero-order valence-corrected chi connectivity index (χ0v) is 14.1. The molecule has 0 N–H and O–H groups in total. The van der Waals surface area contributed by atoms with E-state index in [0.29, 0.717) is 18.9 Å². The van der Waals surface area contributed by atoms with Gasteiger partial charge in [0.05, 0.1) is 12.3 Å². The quantitative estimate of drug-likeness (QED) is 0.723. The van der Waals surface area contributed by atoms with E-state index in [4.69, 9.17) is 4.74 Å². The molecule has 3 nitrogen and oxygen atoms in total. The van der Waals surface area contributed by atoms with Gasteiger partial charge in [0.25, 0.3) is 0 Å². The molecule has 0 saturated carbocycles. The number of thioether (sulfide) groups is 1. The van der Waals surface area contributed by atoms with Crippen LogP contribution < -0.4 is 4.74 Å². The summed E-state index contributed by atoms with van der Waals surface area (Å²) in [6, 6.07) is 14.0. The topological polar surface area (TPSA) is 29.5 Å². The molecule has 1 amide bonds. The number of likely N-dealkylation sites (N-methyl/N-ethyl adjacent to an activating group) is 1. The second kappa shape index (κ2) is 8.58. The van der Waals surface area contributed by atoms with Gasteiger partial charge in [-0.25, -0.2) is 4.39 Å². The van der Waals surface area contributed by atoms with Crippen LogP contribution in [0.4, 0.5) is 4.39 Å². The Morgan fingerprint density at radius 2 is 1.96 bits per heavy atom. The van der Waals surface area contributed by atoms with Gasteiger partial charge in [0.1, 0.15) is 18.2 Å². The fourth-order valence-electron chi connectivity index (χ4n) is 1.92. The molecule has 122 valence electrons. The first-order valence-corrected chi connectivity index (χ1v) is 8.35. The zero-order chi connectivity index (χ0) is 16.7. The van der Waals surface area contributed by atoms with Crippen LogP contribution in [-0.2, 0) is 4.79 Å². The molecular weight excluding hydrogens is 313 g/mol. The lowest BCUT2D eigenvalue weighted by atomic mass is 10.2. The molecule has 0 fully saturated rings. The Bertz CT molecular complexity index is 646. The van der Waals surface area contributed by atoms with Gasteiger partial charge in [0.2, 0.25) is 5.91 Å². The van der Waals surface area contributed by atoms with Gasteiger partial charge in [0, 0.05) is 11.9 Å². The van der Waals surface area contributed by atoms with Crippen molar-refractivity contribution in [3.8, 4) is 5.75 Å². The summed E-state index contributed by atoms with van der Waals surface area (Å²) < 4.78 is 18.5. The lowest BCUT2D eigenvalue weighted by Gasteiger charge is -2.17. The van der Waals surface area contributed by atoms with Crippen LogP contribution in [0.2, 0.25) is 0 Å². The highest BCUT2D eigenvalue weighted by Crippen LogP contribution is 2.18. The summed E-state index contributed by atoms with van der Waals surface area (Å²) in [6.45, 7) is 2.98. The van der Waals surface area contributed by atoms with Crippen LogP contribution >= 0.6 is 11.8 Å². The second-order valence-electron chi connectivity index (χ2n) is 5.22. The lowest BCUT2D eigenvalue weighted by molar-refractivity contribution is -0.127. The molecule has 0 saturated heterocycles. The summed E-state index contributed by atoms with van der Waals surface area (Å²) in [4.78, 5) is 14.6. The van der Waals surface area contributed by atoms with Crippen molar-refractivity contribution in [3.05, 3.63) is 59.9 Å². The van der Waals surface area contributed by atoms with E-state index in [1.54, 1.807) is 24.1 Å². The van der Waals surface area contributed by atoms with Crippen LogP contribution in [0.15, 0.2) is 53.4 Å². The van der Waals surface area contributed by atoms with Crippen molar-refractivity contribution in [1.29, 1.82) is 0 Å². The van der Waals surface area contributed by atoms with Gasteiger partial charge in [-0.15, -0.1) is 11.8 Å². The molecule has 0 radical (unpaired) electrons. The minimum atomic E-state index is -0.272. The Labute approximate surface area is 140 Å². The largest absolute Gasteiger partial charge is 0.492 e. The predicted molar refractivity (Wildman–Crippen MR) is 91.4 cm³/mol. The molecule has 0 heterocycles. The molecule has 0 aliphatic carbocycles. The normalized spacial score (nSPS) is 10.4. The van der Waals surface area contributed by atoms with E-state index in [9.17, 15) is 9.18 Å². The molecule has 0 aliphatic heterocycles. The first kappa shape index (κ1) is 17.3. The van der Waals surface area contributed by atoms with E-state index in [-0.39, 0.29) is 11.7 Å². The van der Waals surface area contributed by atoms with Gasteiger partial charge < -0.3 is 9.64 Å². The molecule has 2 rings (SSSR count). The number of amides is 1. The highest BCUT2D eigenvalue weighted by molar-refractivity contribution is 8.00. The van der Waals surface area contributed by atoms with Crippen molar-refractivity contribution >= 4 is 17.7 Å². The highest BCUT2D eigenvalue weighted by atomic mass is 32.2. The molecule has 5 heteroatoms. The van der Waals surface area contributed by atoms with Crippen LogP contribution in [0.1, 0.15) is 5.56 Å². The van der Waals surface area contributed by atoms with Gasteiger partial charge in [-0.2, -0.15) is 0 Å². The molecule has 0 bridgehead atoms. The first-order valence-electron chi connectivity index (χ1n) is 7.36. The predicted octanol–water partition coefficient (Wildman–Crippen LogP) is 3.76. The average Bonchev–Trinajstić information content (AvgIpc) is 2.54. The lowest BCUT2D eigenvalue weighted by Crippen LogP contribution is -2.32. The third-order valence-corrected chi connectivity index (χ3v) is 4.28. The second-order valence-corrected chi connectivity index (χ2v) is 6.27. The SMILES string of the molecule is Cc1cccc(OCCN(C)C(=O)CSc2ccc(F)cc2)c1. The number of hydrogen-bond donors (Lipinski definition) is 0. The zero-order valence-electron chi connectivity index (χ0n) is 13.3. The van der Waals surface area contributed by atoms with Crippen molar-refractivity contribution in [3.63, 3.8) is 0 Å². The first-order chi connectivity index (χ1) is 11.0. The maximum Gasteiger partial charge on any atom is 0.232 e. The van der Waals surface area contributed by atoms with Crippen LogP contribution in [0.5, 0.6) is 5.75 Å². The van der Waals surface area contributed by atoms with E-state index < -0.39 is 0 Å². The number of benzene rings is 2. The third kappa shape index (κ3) is 5.94. The number of nitrogens with zero attached hydrogens (tertiary/aromatic N) is 1. The van der Waals surface area contributed by atoms with Crippen LogP contribution in [-0.4, -0.2) is 36.8 Å². The van der Waals surface area contributed by atoms with Gasteiger partial charge in [-0.1, -0.05) is 12.1 Å². The van der Waals surface area contributed by atoms with E-state index in [1.807, 2.05) is 31.2 Å². The van der Waals surface area contributed by atoms with Crippen molar-refractivity contribution in [2.24, 2.45) is 0 Å². The Morgan fingerprint density at radius 1 is 1.22 bits per heavy atom.